The van der Waals surface area contributed by atoms with Gasteiger partial charge in [0.05, 0.1) is 6.04 Å². The zero-order chi connectivity index (χ0) is 15.4. The molecule has 0 spiro atoms. The Bertz CT molecular complexity index is 553. The molecule has 1 aliphatic carbocycles. The average Bonchev–Trinajstić information content (AvgIpc) is 2.47. The van der Waals surface area contributed by atoms with Crippen LogP contribution in [0.25, 0.3) is 0 Å². The van der Waals surface area contributed by atoms with Crippen molar-refractivity contribution < 1.29 is 4.39 Å². The average molecular weight is 403 g/mol. The first-order valence-electron chi connectivity index (χ1n) is 7.22. The molecule has 0 bridgehead atoms. The van der Waals surface area contributed by atoms with Crippen LogP contribution in [0.3, 0.4) is 0 Å². The third-order valence-electron chi connectivity index (χ3n) is 4.13. The summed E-state index contributed by atoms with van der Waals surface area (Å²) in [6.07, 6.45) is 5.57. The third kappa shape index (κ3) is 3.87. The molecule has 0 amide bonds. The minimum atomic E-state index is -0.995. The van der Waals surface area contributed by atoms with Crippen LogP contribution in [0.1, 0.15) is 31.7 Å². The lowest BCUT2D eigenvalue weighted by Gasteiger charge is -2.34. The van der Waals surface area contributed by atoms with Crippen LogP contribution in [-0.4, -0.2) is 27.6 Å². The molecule has 1 N–H and O–H groups in total. The summed E-state index contributed by atoms with van der Waals surface area (Å²) in [6, 6.07) is 1.32. The quantitative estimate of drug-likeness (QED) is 0.355. The van der Waals surface area contributed by atoms with Gasteiger partial charge < -0.3 is 5.23 Å². The van der Waals surface area contributed by atoms with E-state index in [0.717, 1.165) is 12.8 Å². The molecule has 0 saturated heterocycles. The Hall–Kier alpha value is -0.855. The second-order valence-corrected chi connectivity index (χ2v) is 7.05. The first kappa shape index (κ1) is 16.5. The van der Waals surface area contributed by atoms with Crippen molar-refractivity contribution >= 4 is 36.4 Å². The van der Waals surface area contributed by atoms with Gasteiger partial charge in [-0.3, -0.25) is 4.57 Å². The van der Waals surface area contributed by atoms with Crippen LogP contribution in [0.5, 0.6) is 0 Å². The summed E-state index contributed by atoms with van der Waals surface area (Å²) in [4.78, 5) is 15.9. The Labute approximate surface area is 138 Å². The fraction of sp³-hybridized carbons (Fsp3) is 0.571. The van der Waals surface area contributed by atoms with E-state index in [9.17, 15) is 9.18 Å². The number of allylic oxidation sites excluding steroid dienone is 1. The van der Waals surface area contributed by atoms with Crippen molar-refractivity contribution in [3.05, 3.63) is 35.4 Å². The topological polar surface area (TPSA) is 46.9 Å². The number of halogens is 2. The summed E-state index contributed by atoms with van der Waals surface area (Å²) >= 11 is 2.38. The van der Waals surface area contributed by atoms with E-state index in [1.165, 1.54) is 4.57 Å². The van der Waals surface area contributed by atoms with Gasteiger partial charge in [-0.2, -0.15) is 4.98 Å². The molecule has 0 aromatic carbocycles. The van der Waals surface area contributed by atoms with Gasteiger partial charge in [0.1, 0.15) is 12.0 Å². The van der Waals surface area contributed by atoms with Crippen LogP contribution < -0.4 is 10.9 Å². The van der Waals surface area contributed by atoms with Crippen LogP contribution in [0.4, 0.5) is 10.2 Å². The second-order valence-electron chi connectivity index (χ2n) is 5.45. The van der Waals surface area contributed by atoms with Gasteiger partial charge in [0.2, 0.25) is 7.98 Å². The van der Waals surface area contributed by atoms with Gasteiger partial charge in [0.15, 0.2) is 0 Å². The molecule has 0 aliphatic heterocycles. The lowest BCUT2D eigenvalue weighted by molar-refractivity contribution is 0.128. The Morgan fingerprint density at radius 3 is 3.00 bits per heavy atom. The highest BCUT2D eigenvalue weighted by molar-refractivity contribution is 14.1. The van der Waals surface area contributed by atoms with E-state index in [1.54, 1.807) is 20.2 Å². The molecular weight excluding hydrogens is 383 g/mol. The number of rotatable bonds is 5. The highest BCUT2D eigenvalue weighted by Gasteiger charge is 2.34. The van der Waals surface area contributed by atoms with Crippen molar-refractivity contribution in [3.8, 4) is 0 Å². The number of nitrogens with zero attached hydrogens (tertiary/aromatic N) is 2. The van der Waals surface area contributed by atoms with Crippen LogP contribution in [0, 0.1) is 5.92 Å². The van der Waals surface area contributed by atoms with Gasteiger partial charge in [0.25, 0.3) is 0 Å². The summed E-state index contributed by atoms with van der Waals surface area (Å²) in [5.41, 5.74) is -0.384. The summed E-state index contributed by atoms with van der Waals surface area (Å²) < 4.78 is 16.4. The molecule has 1 fully saturated rings. The highest BCUT2D eigenvalue weighted by atomic mass is 127. The Balaban J connectivity index is 2.10. The van der Waals surface area contributed by atoms with E-state index < -0.39 is 6.17 Å². The SMILES string of the molecule is BNc1ccn([C@@H]2CC[C@H](C(I)CC=C)C[C@@H]2F)c(=O)n1. The van der Waals surface area contributed by atoms with Crippen molar-refractivity contribution in [1.29, 1.82) is 0 Å². The molecule has 114 valence electrons. The molecule has 2 rings (SSSR count). The molecule has 1 aromatic rings. The Morgan fingerprint density at radius 1 is 1.67 bits per heavy atom. The maximum atomic E-state index is 14.5. The zero-order valence-electron chi connectivity index (χ0n) is 12.1. The lowest BCUT2D eigenvalue weighted by atomic mass is 9.82. The maximum absolute atomic E-state index is 14.5. The van der Waals surface area contributed by atoms with Gasteiger partial charge in [0, 0.05) is 10.1 Å². The van der Waals surface area contributed by atoms with E-state index in [1.807, 2.05) is 6.08 Å². The number of anilines is 1. The largest absolute Gasteiger partial charge is 0.419 e. The predicted octanol–water partition coefficient (Wildman–Crippen LogP) is 2.26. The van der Waals surface area contributed by atoms with Crippen LogP contribution in [-0.2, 0) is 0 Å². The number of nitrogens with one attached hydrogen (secondary N) is 1. The van der Waals surface area contributed by atoms with Crippen LogP contribution >= 0.6 is 22.6 Å². The van der Waals surface area contributed by atoms with Crippen LogP contribution in [0.15, 0.2) is 29.7 Å². The van der Waals surface area contributed by atoms with Gasteiger partial charge in [-0.25, -0.2) is 9.18 Å². The smallest absolute Gasteiger partial charge is 0.349 e. The maximum Gasteiger partial charge on any atom is 0.349 e. The Morgan fingerprint density at radius 2 is 2.43 bits per heavy atom. The zero-order valence-corrected chi connectivity index (χ0v) is 14.3. The van der Waals surface area contributed by atoms with E-state index in [-0.39, 0.29) is 11.7 Å². The molecule has 4 atom stereocenters. The molecule has 1 unspecified atom stereocenters. The van der Waals surface area contributed by atoms with Crippen molar-refractivity contribution in [2.75, 3.05) is 5.23 Å². The molecule has 1 aliphatic rings. The number of aromatic nitrogens is 2. The first-order chi connectivity index (χ1) is 10.1. The first-order valence-corrected chi connectivity index (χ1v) is 8.47. The van der Waals surface area contributed by atoms with Crippen molar-refractivity contribution in [3.63, 3.8) is 0 Å². The minimum absolute atomic E-state index is 0.357. The molecule has 21 heavy (non-hydrogen) atoms. The standard InChI is InChI=1S/C14H20BFIN3O/c1-2-3-11(17)9-4-5-12(10(16)8-9)20-7-6-13(19-15)18-14(20)21/h2,6-7,9-12H,1,3-5,8,15H2,(H,18,19,21)/t9-,10-,11?,12+/m0/s1. The molecule has 7 heteroatoms. The third-order valence-corrected chi connectivity index (χ3v) is 5.65. The Kier molecular flexibility index (Phi) is 5.84. The normalized spacial score (nSPS) is 27.0. The fourth-order valence-electron chi connectivity index (χ4n) is 2.93. The van der Waals surface area contributed by atoms with E-state index in [4.69, 9.17) is 0 Å². The van der Waals surface area contributed by atoms with Crippen molar-refractivity contribution in [2.45, 2.75) is 41.8 Å². The molecule has 1 saturated carbocycles. The van der Waals surface area contributed by atoms with Gasteiger partial charge >= 0.3 is 5.69 Å². The minimum Gasteiger partial charge on any atom is -0.419 e. The number of hydrogen-bond acceptors (Lipinski definition) is 3. The van der Waals surface area contributed by atoms with Crippen LogP contribution in [0.2, 0.25) is 0 Å². The molecular formula is C14H20BFIN3O. The number of hydrogen-bond donors (Lipinski definition) is 1. The van der Waals surface area contributed by atoms with E-state index in [0.29, 0.717) is 28.5 Å². The fourth-order valence-corrected chi connectivity index (χ4v) is 3.94. The van der Waals surface area contributed by atoms with Gasteiger partial charge in [-0.05, 0) is 37.7 Å². The summed E-state index contributed by atoms with van der Waals surface area (Å²) in [6.45, 7) is 3.75. The summed E-state index contributed by atoms with van der Waals surface area (Å²) in [5.74, 6) is 0.869. The molecule has 4 nitrogen and oxygen atoms in total. The second kappa shape index (κ2) is 7.42. The number of alkyl halides is 2. The highest BCUT2D eigenvalue weighted by Crippen LogP contribution is 2.38. The summed E-state index contributed by atoms with van der Waals surface area (Å²) in [5, 5.41) is 2.82. The predicted molar refractivity (Wildman–Crippen MR) is 94.6 cm³/mol. The van der Waals surface area contributed by atoms with Gasteiger partial charge in [-0.15, -0.1) is 6.58 Å². The van der Waals surface area contributed by atoms with E-state index in [2.05, 4.69) is 39.4 Å². The van der Waals surface area contributed by atoms with Crippen molar-refractivity contribution in [2.24, 2.45) is 5.92 Å². The monoisotopic (exact) mass is 403 g/mol. The van der Waals surface area contributed by atoms with E-state index >= 15 is 0 Å². The van der Waals surface area contributed by atoms with Crippen molar-refractivity contribution in [1.82, 2.24) is 9.55 Å². The van der Waals surface area contributed by atoms with Gasteiger partial charge in [-0.1, -0.05) is 28.7 Å². The summed E-state index contributed by atoms with van der Waals surface area (Å²) in [7, 11) is 1.70. The lowest BCUT2D eigenvalue weighted by Crippen LogP contribution is -2.37. The molecule has 1 heterocycles. The molecule has 1 aromatic heterocycles. The molecule has 0 radical (unpaired) electrons.